The Labute approximate surface area is 125 Å². The van der Waals surface area contributed by atoms with Crippen LogP contribution in [-0.2, 0) is 19.1 Å². The van der Waals surface area contributed by atoms with Crippen molar-refractivity contribution in [3.63, 3.8) is 0 Å². The highest BCUT2D eigenvalue weighted by atomic mass is 16.6. The maximum absolute atomic E-state index is 12.1. The molecule has 0 aromatic carbocycles. The Morgan fingerprint density at radius 3 is 2.29 bits per heavy atom. The van der Waals surface area contributed by atoms with E-state index >= 15 is 0 Å². The third-order valence-corrected chi connectivity index (χ3v) is 2.83. The van der Waals surface area contributed by atoms with Crippen molar-refractivity contribution < 1.29 is 23.9 Å². The number of likely N-dealkylation sites (tertiary alicyclic amines) is 1. The average Bonchev–Trinajstić information content (AvgIpc) is 2.70. The summed E-state index contributed by atoms with van der Waals surface area (Å²) in [6, 6.07) is -0.496. The molecule has 122 valence electrons. The molecule has 21 heavy (non-hydrogen) atoms. The smallest absolute Gasteiger partial charge is 0.411 e. The van der Waals surface area contributed by atoms with Crippen LogP contribution in [0.5, 0.6) is 0 Å². The summed E-state index contributed by atoms with van der Waals surface area (Å²) >= 11 is 0. The van der Waals surface area contributed by atoms with Crippen LogP contribution in [0.3, 0.4) is 0 Å². The predicted molar refractivity (Wildman–Crippen MR) is 77.4 cm³/mol. The number of hydrogen-bond acceptors (Lipinski definition) is 5. The number of rotatable bonds is 2. The van der Waals surface area contributed by atoms with E-state index in [9.17, 15) is 9.59 Å². The van der Waals surface area contributed by atoms with Gasteiger partial charge in [0.1, 0.15) is 11.6 Å². The Kier molecular flexibility index (Phi) is 7.76. The zero-order chi connectivity index (χ0) is 16.6. The number of nitrogens with two attached hydrogens (primary N) is 1. The van der Waals surface area contributed by atoms with Crippen molar-refractivity contribution in [1.29, 1.82) is 0 Å². The number of hydrogen-bond donors (Lipinski definition) is 1. The average molecular weight is 302 g/mol. The van der Waals surface area contributed by atoms with Gasteiger partial charge in [0, 0.05) is 6.04 Å². The van der Waals surface area contributed by atoms with E-state index < -0.39 is 17.7 Å². The third-order valence-electron chi connectivity index (χ3n) is 2.83. The molecule has 0 spiro atoms. The summed E-state index contributed by atoms with van der Waals surface area (Å²) in [7, 11) is 0. The lowest BCUT2D eigenvalue weighted by atomic mass is 10.2. The second kappa shape index (κ2) is 8.49. The van der Waals surface area contributed by atoms with Gasteiger partial charge in [-0.25, -0.2) is 9.59 Å². The van der Waals surface area contributed by atoms with Crippen molar-refractivity contribution in [2.75, 3.05) is 6.61 Å². The molecule has 1 saturated heterocycles. The van der Waals surface area contributed by atoms with Gasteiger partial charge in [0.05, 0.1) is 6.61 Å². The molecule has 1 aliphatic rings. The van der Waals surface area contributed by atoms with Crippen molar-refractivity contribution in [3.05, 3.63) is 0 Å². The summed E-state index contributed by atoms with van der Waals surface area (Å²) in [5.74, 6) is -0.340. The molecule has 1 heterocycles. The summed E-state index contributed by atoms with van der Waals surface area (Å²) in [5, 5.41) is 0. The monoisotopic (exact) mass is 302 g/mol. The Bertz CT molecular complexity index is 365. The van der Waals surface area contributed by atoms with Crippen LogP contribution >= 0.6 is 0 Å². The quantitative estimate of drug-likeness (QED) is 0.614. The first-order valence-electron chi connectivity index (χ1n) is 7.01. The first-order valence-corrected chi connectivity index (χ1v) is 7.01. The Balaban J connectivity index is 0.00000122. The first kappa shape index (κ1) is 19.2. The summed E-state index contributed by atoms with van der Waals surface area (Å²) in [5.41, 5.74) is 3.61. The highest BCUT2D eigenvalue weighted by molar-refractivity contribution is 5.82. The van der Waals surface area contributed by atoms with Crippen LogP contribution in [0.1, 0.15) is 47.5 Å². The fourth-order valence-corrected chi connectivity index (χ4v) is 2.08. The minimum absolute atomic E-state index is 0.00857. The third kappa shape index (κ3) is 6.46. The van der Waals surface area contributed by atoms with Crippen LogP contribution in [0.25, 0.3) is 0 Å². The maximum Gasteiger partial charge on any atom is 0.411 e. The van der Waals surface area contributed by atoms with Gasteiger partial charge in [-0.05, 0) is 47.5 Å². The standard InChI is InChI=1S/C13H23NO4.CH3NO/c1-6-17-11(15)10-8-7-9(2)14(10)12(16)18-13(3,4)5;2-1-3/h9-10H,6-8H2,1-5H3;1H,(H2,2,3). The van der Waals surface area contributed by atoms with Crippen molar-refractivity contribution >= 4 is 18.5 Å². The van der Waals surface area contributed by atoms with E-state index in [0.717, 1.165) is 6.42 Å². The van der Waals surface area contributed by atoms with E-state index in [0.29, 0.717) is 13.0 Å². The van der Waals surface area contributed by atoms with Crippen molar-refractivity contribution in [2.45, 2.75) is 65.1 Å². The van der Waals surface area contributed by atoms with Gasteiger partial charge in [-0.15, -0.1) is 0 Å². The number of carbonyl (C=O) groups is 3. The minimum Gasteiger partial charge on any atom is -0.464 e. The van der Waals surface area contributed by atoms with Crippen LogP contribution in [0, 0.1) is 0 Å². The number of esters is 1. The summed E-state index contributed by atoms with van der Waals surface area (Å²) in [6.07, 6.45) is 1.24. The summed E-state index contributed by atoms with van der Waals surface area (Å²) in [6.45, 7) is 9.43. The van der Waals surface area contributed by atoms with Gasteiger partial charge in [0.15, 0.2) is 0 Å². The van der Waals surface area contributed by atoms with Gasteiger partial charge in [0.25, 0.3) is 0 Å². The van der Waals surface area contributed by atoms with E-state index in [1.54, 1.807) is 6.92 Å². The fourth-order valence-electron chi connectivity index (χ4n) is 2.08. The van der Waals surface area contributed by atoms with Gasteiger partial charge in [-0.2, -0.15) is 0 Å². The maximum atomic E-state index is 12.1. The molecular formula is C14H26N2O5. The summed E-state index contributed by atoms with van der Waals surface area (Å²) in [4.78, 5) is 34.0. The highest BCUT2D eigenvalue weighted by Crippen LogP contribution is 2.27. The van der Waals surface area contributed by atoms with Crippen LogP contribution in [0.2, 0.25) is 0 Å². The van der Waals surface area contributed by atoms with Crippen LogP contribution < -0.4 is 5.73 Å². The number of amides is 2. The second-order valence-corrected chi connectivity index (χ2v) is 5.72. The molecule has 1 aliphatic heterocycles. The van der Waals surface area contributed by atoms with Crippen LogP contribution in [0.15, 0.2) is 0 Å². The first-order chi connectivity index (χ1) is 9.67. The van der Waals surface area contributed by atoms with Crippen LogP contribution in [-0.4, -0.2) is 47.7 Å². The SMILES string of the molecule is CCOC(=O)C1CCC(C)N1C(=O)OC(C)(C)C.NC=O. The molecule has 0 aliphatic carbocycles. The molecule has 1 rings (SSSR count). The van der Waals surface area contributed by atoms with E-state index in [2.05, 4.69) is 5.73 Å². The Morgan fingerprint density at radius 1 is 1.33 bits per heavy atom. The Morgan fingerprint density at radius 2 is 1.86 bits per heavy atom. The van der Waals surface area contributed by atoms with Crippen molar-refractivity contribution in [3.8, 4) is 0 Å². The molecule has 0 bridgehead atoms. The molecule has 0 saturated carbocycles. The van der Waals surface area contributed by atoms with Crippen molar-refractivity contribution in [1.82, 2.24) is 4.90 Å². The fraction of sp³-hybridized carbons (Fsp3) is 0.786. The van der Waals surface area contributed by atoms with Crippen LogP contribution in [0.4, 0.5) is 4.79 Å². The molecule has 0 aromatic rings. The van der Waals surface area contributed by atoms with Gasteiger partial charge in [0.2, 0.25) is 6.41 Å². The molecule has 7 heteroatoms. The van der Waals surface area contributed by atoms with Gasteiger partial charge < -0.3 is 15.2 Å². The predicted octanol–water partition coefficient (Wildman–Crippen LogP) is 1.44. The number of nitrogens with zero attached hydrogens (tertiary/aromatic N) is 1. The lowest BCUT2D eigenvalue weighted by molar-refractivity contribution is -0.148. The normalized spacial score (nSPS) is 21.1. The number of primary amides is 1. The minimum atomic E-state index is -0.557. The van der Waals surface area contributed by atoms with Gasteiger partial charge >= 0.3 is 12.1 Å². The molecule has 0 aromatic heterocycles. The second-order valence-electron chi connectivity index (χ2n) is 5.72. The van der Waals surface area contributed by atoms with Gasteiger partial charge in [-0.3, -0.25) is 9.69 Å². The lowest BCUT2D eigenvalue weighted by Gasteiger charge is -2.30. The van der Waals surface area contributed by atoms with Crippen molar-refractivity contribution in [2.24, 2.45) is 5.73 Å². The zero-order valence-electron chi connectivity index (χ0n) is 13.4. The lowest BCUT2D eigenvalue weighted by Crippen LogP contribution is -2.46. The molecule has 0 radical (unpaired) electrons. The molecule has 2 amide bonds. The van der Waals surface area contributed by atoms with Gasteiger partial charge in [-0.1, -0.05) is 0 Å². The molecular weight excluding hydrogens is 276 g/mol. The molecule has 2 unspecified atom stereocenters. The largest absolute Gasteiger partial charge is 0.464 e. The molecule has 2 N–H and O–H groups in total. The molecule has 7 nitrogen and oxygen atoms in total. The van der Waals surface area contributed by atoms with E-state index in [-0.39, 0.29) is 18.4 Å². The van der Waals surface area contributed by atoms with E-state index in [4.69, 9.17) is 14.3 Å². The topological polar surface area (TPSA) is 98.9 Å². The zero-order valence-corrected chi connectivity index (χ0v) is 13.4. The van der Waals surface area contributed by atoms with E-state index in [1.807, 2.05) is 27.7 Å². The molecule has 2 atom stereocenters. The number of carbonyl (C=O) groups excluding carboxylic acids is 3. The number of ether oxygens (including phenoxy) is 2. The van der Waals surface area contributed by atoms with E-state index in [1.165, 1.54) is 4.90 Å². The highest BCUT2D eigenvalue weighted by Gasteiger charge is 2.41. The molecule has 1 fully saturated rings. The summed E-state index contributed by atoms with van der Waals surface area (Å²) < 4.78 is 10.3. The Hall–Kier alpha value is -1.79.